The lowest BCUT2D eigenvalue weighted by molar-refractivity contribution is -0.336. The van der Waals surface area contributed by atoms with E-state index in [-0.39, 0.29) is 0 Å². The highest BCUT2D eigenvalue weighted by atomic mass is 16.7. The van der Waals surface area contributed by atoms with E-state index in [0.29, 0.717) is 12.2 Å². The van der Waals surface area contributed by atoms with Gasteiger partial charge >= 0.3 is 11.9 Å². The first-order valence-electron chi connectivity index (χ1n) is 9.41. The van der Waals surface area contributed by atoms with Crippen LogP contribution in [0.2, 0.25) is 0 Å². The summed E-state index contributed by atoms with van der Waals surface area (Å²) < 4.78 is 18.9. The lowest BCUT2D eigenvalue weighted by Gasteiger charge is -2.42. The highest BCUT2D eigenvalue weighted by Gasteiger charge is 2.48. The second kappa shape index (κ2) is 13.0. The third kappa shape index (κ3) is 7.49. The van der Waals surface area contributed by atoms with Crippen molar-refractivity contribution in [2.75, 3.05) is 6.61 Å². The van der Waals surface area contributed by atoms with E-state index < -0.39 is 86.2 Å². The number of carbonyl (C=O) groups is 2. The number of esters is 2. The fourth-order valence-corrected chi connectivity index (χ4v) is 2.70. The van der Waals surface area contributed by atoms with Crippen molar-refractivity contribution in [2.24, 2.45) is 0 Å². The molecular formula is C18H28O15. The minimum Gasteiger partial charge on any atom is -0.430 e. The van der Waals surface area contributed by atoms with E-state index in [1.165, 1.54) is 0 Å². The van der Waals surface area contributed by atoms with Gasteiger partial charge in [-0.05, 0) is 0 Å². The Labute approximate surface area is 186 Å². The van der Waals surface area contributed by atoms with E-state index in [2.05, 4.69) is 22.6 Å². The average molecular weight is 484 g/mol. The largest absolute Gasteiger partial charge is 0.430 e. The van der Waals surface area contributed by atoms with Crippen molar-refractivity contribution in [3.05, 3.63) is 25.3 Å². The van der Waals surface area contributed by atoms with Crippen LogP contribution in [-0.2, 0) is 28.5 Å². The Balaban J connectivity index is 3.17. The van der Waals surface area contributed by atoms with Crippen LogP contribution < -0.4 is 0 Å². The Hall–Kier alpha value is -2.02. The fourth-order valence-electron chi connectivity index (χ4n) is 2.70. The van der Waals surface area contributed by atoms with Crippen LogP contribution in [0.1, 0.15) is 0 Å². The predicted octanol–water partition coefficient (Wildman–Crippen LogP) is -5.65. The van der Waals surface area contributed by atoms with E-state index in [0.717, 1.165) is 0 Å². The van der Waals surface area contributed by atoms with Gasteiger partial charge in [0, 0.05) is 12.2 Å². The number of ether oxygens (including phenoxy) is 4. The highest BCUT2D eigenvalue weighted by molar-refractivity contribution is 5.81. The van der Waals surface area contributed by atoms with E-state index in [1.807, 2.05) is 0 Å². The first kappa shape index (κ1) is 29.0. The zero-order valence-corrected chi connectivity index (χ0v) is 17.1. The van der Waals surface area contributed by atoms with Crippen LogP contribution in [0.5, 0.6) is 0 Å². The molecule has 15 heteroatoms. The number of aliphatic hydroxyl groups excluding tert-OH is 9. The van der Waals surface area contributed by atoms with Gasteiger partial charge in [-0.2, -0.15) is 0 Å². The maximum absolute atomic E-state index is 11.3. The first-order valence-corrected chi connectivity index (χ1v) is 9.41. The van der Waals surface area contributed by atoms with Crippen LogP contribution in [0, 0.1) is 0 Å². The first-order chi connectivity index (χ1) is 15.4. The summed E-state index contributed by atoms with van der Waals surface area (Å²) in [7, 11) is 0. The monoisotopic (exact) mass is 484 g/mol. The standard InChI is InChI=1S/C18H28O15/c1-3-7(20)31-16(28)12(25)11(24)15(14(27)17(29)32-8(21)4-2)33-18-13(26)10(23)9(22)6(5-19)30-18/h3-4,6,9-19,22-29H,1-2,5H2/t6-,9+,10+,11-,12-,13-,14+,15+,16?,17?,18+/m1/s1. The maximum Gasteiger partial charge on any atom is 0.332 e. The average Bonchev–Trinajstić information content (AvgIpc) is 2.80. The predicted molar refractivity (Wildman–Crippen MR) is 101 cm³/mol. The van der Waals surface area contributed by atoms with Crippen molar-refractivity contribution in [1.29, 1.82) is 0 Å². The van der Waals surface area contributed by atoms with E-state index in [1.54, 1.807) is 0 Å². The molecule has 0 saturated carbocycles. The minimum absolute atomic E-state index is 0.618. The van der Waals surface area contributed by atoms with Gasteiger partial charge in [0.05, 0.1) is 6.61 Å². The lowest BCUT2D eigenvalue weighted by atomic mass is 9.98. The van der Waals surface area contributed by atoms with Crippen molar-refractivity contribution in [3.63, 3.8) is 0 Å². The summed E-state index contributed by atoms with van der Waals surface area (Å²) in [5.41, 5.74) is 0. The molecule has 0 aromatic heterocycles. The summed E-state index contributed by atoms with van der Waals surface area (Å²) in [4.78, 5) is 22.5. The molecule has 33 heavy (non-hydrogen) atoms. The highest BCUT2D eigenvalue weighted by Crippen LogP contribution is 2.26. The number of hydrogen-bond donors (Lipinski definition) is 9. The Kier molecular flexibility index (Phi) is 11.4. The summed E-state index contributed by atoms with van der Waals surface area (Å²) in [6, 6.07) is 0. The summed E-state index contributed by atoms with van der Waals surface area (Å²) in [6.45, 7) is 5.27. The molecule has 1 rings (SSSR count). The van der Waals surface area contributed by atoms with E-state index in [4.69, 9.17) is 9.47 Å². The molecule has 2 unspecified atom stereocenters. The Morgan fingerprint density at radius 3 is 1.76 bits per heavy atom. The molecule has 1 heterocycles. The summed E-state index contributed by atoms with van der Waals surface area (Å²) in [6.07, 6.45) is -22.4. The molecule has 1 saturated heterocycles. The molecule has 0 bridgehead atoms. The number of hydrogen-bond acceptors (Lipinski definition) is 15. The molecule has 15 nitrogen and oxygen atoms in total. The molecule has 1 aliphatic heterocycles. The van der Waals surface area contributed by atoms with Gasteiger partial charge in [-0.1, -0.05) is 13.2 Å². The lowest BCUT2D eigenvalue weighted by Crippen LogP contribution is -2.62. The van der Waals surface area contributed by atoms with Crippen molar-refractivity contribution >= 4 is 11.9 Å². The second-order valence-electron chi connectivity index (χ2n) is 6.83. The molecule has 1 aliphatic rings. The van der Waals surface area contributed by atoms with Crippen LogP contribution in [0.25, 0.3) is 0 Å². The van der Waals surface area contributed by atoms with Gasteiger partial charge in [-0.25, -0.2) is 9.59 Å². The molecule has 11 atom stereocenters. The van der Waals surface area contributed by atoms with Gasteiger partial charge in [0.1, 0.15) is 48.8 Å². The summed E-state index contributed by atoms with van der Waals surface area (Å²) >= 11 is 0. The minimum atomic E-state index is -2.43. The van der Waals surface area contributed by atoms with Gasteiger partial charge in [0.25, 0.3) is 0 Å². The van der Waals surface area contributed by atoms with Crippen molar-refractivity contribution in [3.8, 4) is 0 Å². The molecular weight excluding hydrogens is 456 g/mol. The molecule has 0 radical (unpaired) electrons. The van der Waals surface area contributed by atoms with Crippen molar-refractivity contribution in [2.45, 2.75) is 67.7 Å². The van der Waals surface area contributed by atoms with Crippen LogP contribution >= 0.6 is 0 Å². The molecule has 0 spiro atoms. The number of carbonyl (C=O) groups excluding carboxylic acids is 2. The Morgan fingerprint density at radius 2 is 1.30 bits per heavy atom. The Morgan fingerprint density at radius 1 is 0.818 bits per heavy atom. The summed E-state index contributed by atoms with van der Waals surface area (Å²) in [5.74, 6) is -2.43. The quantitative estimate of drug-likeness (QED) is 0.0711. The van der Waals surface area contributed by atoms with E-state index >= 15 is 0 Å². The van der Waals surface area contributed by atoms with Crippen LogP contribution in [-0.4, -0.2) is 132 Å². The van der Waals surface area contributed by atoms with Gasteiger partial charge in [0.15, 0.2) is 6.29 Å². The molecule has 0 aromatic rings. The van der Waals surface area contributed by atoms with Gasteiger partial charge < -0.3 is 64.9 Å². The zero-order valence-electron chi connectivity index (χ0n) is 17.1. The molecule has 0 amide bonds. The molecule has 190 valence electrons. The van der Waals surface area contributed by atoms with Crippen molar-refractivity contribution < 1.29 is 74.5 Å². The van der Waals surface area contributed by atoms with Crippen molar-refractivity contribution in [1.82, 2.24) is 0 Å². The van der Waals surface area contributed by atoms with Gasteiger partial charge in [0.2, 0.25) is 12.6 Å². The Bertz CT molecular complexity index is 669. The van der Waals surface area contributed by atoms with Crippen LogP contribution in [0.4, 0.5) is 0 Å². The SMILES string of the molecule is C=CC(=O)OC(O)[C@@H](O)[C@@H](O[C@@H]1O[C@H](CO)[C@H](O)[C@H](O)[C@H]1O)[C@H](O)[C@@H](O)C(O)OC(=O)C=C. The molecule has 0 aliphatic carbocycles. The van der Waals surface area contributed by atoms with Gasteiger partial charge in [-0.15, -0.1) is 0 Å². The number of aliphatic hydroxyl groups is 9. The second-order valence-corrected chi connectivity index (χ2v) is 6.83. The topological polar surface area (TPSA) is 253 Å². The number of rotatable bonds is 12. The molecule has 0 aromatic carbocycles. The van der Waals surface area contributed by atoms with Gasteiger partial charge in [-0.3, -0.25) is 0 Å². The maximum atomic E-state index is 11.3. The van der Waals surface area contributed by atoms with E-state index in [9.17, 15) is 55.5 Å². The molecule has 1 fully saturated rings. The zero-order chi connectivity index (χ0) is 25.5. The van der Waals surface area contributed by atoms with Crippen LogP contribution in [0.3, 0.4) is 0 Å². The normalized spacial score (nSPS) is 30.8. The molecule has 9 N–H and O–H groups in total. The van der Waals surface area contributed by atoms with Crippen LogP contribution in [0.15, 0.2) is 25.3 Å². The third-order valence-electron chi connectivity index (χ3n) is 4.55. The smallest absolute Gasteiger partial charge is 0.332 e. The third-order valence-corrected chi connectivity index (χ3v) is 4.55. The summed E-state index contributed by atoms with van der Waals surface area (Å²) in [5, 5.41) is 89.6. The fraction of sp³-hybridized carbons (Fsp3) is 0.667.